The van der Waals surface area contributed by atoms with E-state index in [1.54, 1.807) is 7.11 Å². The number of aliphatic hydroxyl groups is 3. The number of amides is 1. The molecule has 5 atom stereocenters. The summed E-state index contributed by atoms with van der Waals surface area (Å²) in [5, 5.41) is 35.1. The molecule has 0 bridgehead atoms. The zero-order valence-electron chi connectivity index (χ0n) is 16.0. The number of hydrogen-bond donors (Lipinski definition) is 5. The number of nitrogens with zero attached hydrogens (tertiary/aromatic N) is 1. The molecule has 1 aromatic carbocycles. The molecule has 2 heterocycles. The first-order valence-electron chi connectivity index (χ1n) is 9.53. The Morgan fingerprint density at radius 3 is 2.50 bits per heavy atom. The second-order valence-corrected chi connectivity index (χ2v) is 7.33. The molecule has 156 valence electrons. The van der Waals surface area contributed by atoms with Gasteiger partial charge in [0.1, 0.15) is 18.0 Å². The van der Waals surface area contributed by atoms with Crippen molar-refractivity contribution in [3.8, 4) is 5.75 Å². The summed E-state index contributed by atoms with van der Waals surface area (Å²) in [6, 6.07) is 7.45. The highest BCUT2D eigenvalue weighted by molar-refractivity contribution is 5.67. The number of β-amino-alcohol motifs (C(OH)–C–C–N with tert-alkyl or cyclic N) is 3. The Balaban J connectivity index is 1.44. The third-order valence-corrected chi connectivity index (χ3v) is 5.25. The van der Waals surface area contributed by atoms with Gasteiger partial charge in [0.15, 0.2) is 0 Å². The lowest BCUT2D eigenvalue weighted by molar-refractivity contribution is 0.0188. The van der Waals surface area contributed by atoms with Crippen LogP contribution < -0.4 is 15.4 Å². The number of alkyl carbamates (subject to hydrolysis) is 1. The molecule has 0 spiro atoms. The topological polar surface area (TPSA) is 124 Å². The monoisotopic (exact) mass is 395 g/mol. The first kappa shape index (κ1) is 20.8. The van der Waals surface area contributed by atoms with Crippen molar-refractivity contribution in [2.45, 2.75) is 36.9 Å². The zero-order chi connectivity index (χ0) is 20.1. The Bertz CT molecular complexity index is 633. The number of benzene rings is 1. The molecule has 0 radical (unpaired) electrons. The SMILES string of the molecule is COc1ccc(C[C@H]2NC[C@H](O)[C@H]2OC(=O)NCCN2C[C@@H](O)[C@H](O)C2)cc1. The van der Waals surface area contributed by atoms with E-state index in [4.69, 9.17) is 9.47 Å². The Kier molecular flexibility index (Phi) is 7.08. The average Bonchev–Trinajstić information content (AvgIpc) is 3.18. The number of nitrogens with one attached hydrogen (secondary N) is 2. The van der Waals surface area contributed by atoms with Gasteiger partial charge in [-0.2, -0.15) is 0 Å². The summed E-state index contributed by atoms with van der Waals surface area (Å²) in [4.78, 5) is 14.0. The molecule has 2 fully saturated rings. The van der Waals surface area contributed by atoms with Crippen molar-refractivity contribution in [1.29, 1.82) is 0 Å². The summed E-state index contributed by atoms with van der Waals surface area (Å²) in [6.45, 7) is 1.96. The molecule has 0 aromatic heterocycles. The van der Waals surface area contributed by atoms with Crippen LogP contribution in [0.25, 0.3) is 0 Å². The Labute approximate surface area is 164 Å². The normalized spacial score (nSPS) is 30.4. The first-order chi connectivity index (χ1) is 13.5. The van der Waals surface area contributed by atoms with Crippen molar-refractivity contribution < 1.29 is 29.6 Å². The number of carbonyl (C=O) groups excluding carboxylic acids is 1. The van der Waals surface area contributed by atoms with Crippen LogP contribution in [0.1, 0.15) is 5.56 Å². The number of carbonyl (C=O) groups is 1. The van der Waals surface area contributed by atoms with Crippen molar-refractivity contribution in [2.24, 2.45) is 0 Å². The molecule has 1 aromatic rings. The van der Waals surface area contributed by atoms with E-state index in [-0.39, 0.29) is 6.04 Å². The average molecular weight is 395 g/mol. The maximum Gasteiger partial charge on any atom is 0.407 e. The Morgan fingerprint density at radius 2 is 1.86 bits per heavy atom. The lowest BCUT2D eigenvalue weighted by atomic mass is 10.0. The summed E-state index contributed by atoms with van der Waals surface area (Å²) >= 11 is 0. The van der Waals surface area contributed by atoms with Crippen LogP contribution in [-0.2, 0) is 11.2 Å². The van der Waals surface area contributed by atoms with Crippen LogP contribution in [0.15, 0.2) is 24.3 Å². The summed E-state index contributed by atoms with van der Waals surface area (Å²) < 4.78 is 10.6. The van der Waals surface area contributed by atoms with Gasteiger partial charge in [-0.3, -0.25) is 4.90 Å². The second kappa shape index (κ2) is 9.53. The van der Waals surface area contributed by atoms with Crippen LogP contribution in [0.2, 0.25) is 0 Å². The molecule has 5 N–H and O–H groups in total. The fourth-order valence-electron chi connectivity index (χ4n) is 3.65. The van der Waals surface area contributed by atoms with Gasteiger partial charge in [0.2, 0.25) is 0 Å². The van der Waals surface area contributed by atoms with E-state index in [1.165, 1.54) is 0 Å². The molecule has 3 rings (SSSR count). The van der Waals surface area contributed by atoms with Crippen LogP contribution in [0.5, 0.6) is 5.75 Å². The van der Waals surface area contributed by atoms with Gasteiger partial charge in [-0.15, -0.1) is 0 Å². The fourth-order valence-corrected chi connectivity index (χ4v) is 3.65. The second-order valence-electron chi connectivity index (χ2n) is 7.33. The molecule has 2 saturated heterocycles. The maximum atomic E-state index is 12.1. The number of methoxy groups -OCH3 is 1. The van der Waals surface area contributed by atoms with Gasteiger partial charge in [-0.05, 0) is 24.1 Å². The molecule has 2 aliphatic rings. The van der Waals surface area contributed by atoms with Gasteiger partial charge >= 0.3 is 6.09 Å². The van der Waals surface area contributed by atoms with Gasteiger partial charge in [0.05, 0.1) is 25.4 Å². The van der Waals surface area contributed by atoms with Crippen LogP contribution in [0.3, 0.4) is 0 Å². The number of rotatable bonds is 7. The molecule has 0 unspecified atom stereocenters. The highest BCUT2D eigenvalue weighted by Gasteiger charge is 2.38. The summed E-state index contributed by atoms with van der Waals surface area (Å²) in [5.41, 5.74) is 1.05. The van der Waals surface area contributed by atoms with Crippen LogP contribution in [0.4, 0.5) is 4.79 Å². The lowest BCUT2D eigenvalue weighted by Gasteiger charge is -2.22. The molecule has 0 saturated carbocycles. The van der Waals surface area contributed by atoms with Crippen molar-refractivity contribution >= 4 is 6.09 Å². The summed E-state index contributed by atoms with van der Waals surface area (Å²) in [7, 11) is 1.61. The fraction of sp³-hybridized carbons (Fsp3) is 0.632. The van der Waals surface area contributed by atoms with E-state index in [9.17, 15) is 20.1 Å². The molecule has 9 nitrogen and oxygen atoms in total. The highest BCUT2D eigenvalue weighted by atomic mass is 16.6. The Morgan fingerprint density at radius 1 is 1.18 bits per heavy atom. The number of likely N-dealkylation sites (tertiary alicyclic amines) is 1. The summed E-state index contributed by atoms with van der Waals surface area (Å²) in [5.74, 6) is 0.772. The quantitative estimate of drug-likeness (QED) is 0.386. The van der Waals surface area contributed by atoms with E-state index in [0.717, 1.165) is 11.3 Å². The highest BCUT2D eigenvalue weighted by Crippen LogP contribution is 2.19. The molecule has 28 heavy (non-hydrogen) atoms. The van der Waals surface area contributed by atoms with Gasteiger partial charge in [-0.1, -0.05) is 12.1 Å². The van der Waals surface area contributed by atoms with E-state index in [2.05, 4.69) is 10.6 Å². The van der Waals surface area contributed by atoms with Crippen LogP contribution in [-0.4, -0.2) is 96.6 Å². The molecule has 2 aliphatic heterocycles. The van der Waals surface area contributed by atoms with E-state index in [1.807, 2.05) is 29.2 Å². The lowest BCUT2D eigenvalue weighted by Crippen LogP contribution is -2.43. The predicted molar refractivity (Wildman–Crippen MR) is 101 cm³/mol. The minimum atomic E-state index is -0.766. The van der Waals surface area contributed by atoms with Gasteiger partial charge in [0.25, 0.3) is 0 Å². The minimum Gasteiger partial charge on any atom is -0.497 e. The smallest absolute Gasteiger partial charge is 0.407 e. The predicted octanol–water partition coefficient (Wildman–Crippen LogP) is -1.30. The van der Waals surface area contributed by atoms with E-state index < -0.39 is 30.5 Å². The molecule has 1 amide bonds. The van der Waals surface area contributed by atoms with Crippen LogP contribution >= 0.6 is 0 Å². The molecule has 9 heteroatoms. The van der Waals surface area contributed by atoms with Gasteiger partial charge in [-0.25, -0.2) is 4.79 Å². The van der Waals surface area contributed by atoms with Gasteiger partial charge < -0.3 is 35.4 Å². The molecular formula is C19H29N3O6. The zero-order valence-corrected chi connectivity index (χ0v) is 16.0. The van der Waals surface area contributed by atoms with Crippen molar-refractivity contribution in [2.75, 3.05) is 39.8 Å². The van der Waals surface area contributed by atoms with Crippen molar-refractivity contribution in [1.82, 2.24) is 15.5 Å². The standard InChI is InChI=1S/C19H29N3O6/c1-27-13-4-2-12(3-5-13)8-14-18(15(23)9-21-14)28-19(26)20-6-7-22-10-16(24)17(25)11-22/h2-5,14-18,21,23-25H,6-11H2,1H3,(H,20,26)/t14-,15+,16-,17-,18+/m1/s1. The van der Waals surface area contributed by atoms with Crippen LogP contribution in [0, 0.1) is 0 Å². The number of hydrogen-bond acceptors (Lipinski definition) is 8. The largest absolute Gasteiger partial charge is 0.497 e. The molecular weight excluding hydrogens is 366 g/mol. The Hall–Kier alpha value is -1.91. The van der Waals surface area contributed by atoms with Crippen molar-refractivity contribution in [3.05, 3.63) is 29.8 Å². The third kappa shape index (κ3) is 5.33. The third-order valence-electron chi connectivity index (χ3n) is 5.25. The van der Waals surface area contributed by atoms with E-state index >= 15 is 0 Å². The number of aliphatic hydroxyl groups excluding tert-OH is 3. The maximum absolute atomic E-state index is 12.1. The van der Waals surface area contributed by atoms with Crippen molar-refractivity contribution in [3.63, 3.8) is 0 Å². The molecule has 0 aliphatic carbocycles. The minimum absolute atomic E-state index is 0.182. The van der Waals surface area contributed by atoms with Gasteiger partial charge in [0, 0.05) is 32.7 Å². The first-order valence-corrected chi connectivity index (χ1v) is 9.53. The number of ether oxygens (including phenoxy) is 2. The van der Waals surface area contributed by atoms with E-state index in [0.29, 0.717) is 39.1 Å². The summed E-state index contributed by atoms with van der Waals surface area (Å²) in [6.07, 6.45) is -2.87.